The molecule has 3 heteroatoms. The Balaban J connectivity index is 2.40. The van der Waals surface area contributed by atoms with Crippen LogP contribution in [0.1, 0.15) is 6.92 Å². The van der Waals surface area contributed by atoms with Crippen LogP contribution in [0.3, 0.4) is 0 Å². The van der Waals surface area contributed by atoms with E-state index in [9.17, 15) is 0 Å². The first-order chi connectivity index (χ1) is 7.81. The summed E-state index contributed by atoms with van der Waals surface area (Å²) in [6.45, 7) is 2.46. The molecule has 0 aliphatic heterocycles. The van der Waals surface area contributed by atoms with Gasteiger partial charge in [-0.25, -0.2) is 0 Å². The minimum absolute atomic E-state index is 0.637. The van der Waals surface area contributed by atoms with E-state index in [1.807, 2.05) is 31.2 Å². The van der Waals surface area contributed by atoms with Crippen molar-refractivity contribution in [3.05, 3.63) is 35.5 Å². The quantitative estimate of drug-likeness (QED) is 0.801. The maximum atomic E-state index is 5.92. The maximum Gasteiger partial charge on any atom is 0.0766 e. The number of halogens is 1. The van der Waals surface area contributed by atoms with E-state index in [4.69, 9.17) is 11.6 Å². The standard InChI is InChI=1S/C13H11ClN2/c1-2-3-7-15-12-6-8-16-13-9-10(14)4-5-11(12)13/h4-6,8-9H,7H2,1H3,(H,15,16). The minimum Gasteiger partial charge on any atom is -0.374 e. The molecule has 1 heterocycles. The van der Waals surface area contributed by atoms with Crippen LogP contribution in [0, 0.1) is 11.8 Å². The number of benzene rings is 1. The lowest BCUT2D eigenvalue weighted by Gasteiger charge is -2.06. The van der Waals surface area contributed by atoms with E-state index in [1.54, 1.807) is 6.20 Å². The zero-order valence-electron chi connectivity index (χ0n) is 8.92. The second-order valence-electron chi connectivity index (χ2n) is 3.30. The van der Waals surface area contributed by atoms with Gasteiger partial charge < -0.3 is 5.32 Å². The second-order valence-corrected chi connectivity index (χ2v) is 3.74. The number of hydrogen-bond acceptors (Lipinski definition) is 2. The van der Waals surface area contributed by atoms with Gasteiger partial charge in [0.25, 0.3) is 0 Å². The van der Waals surface area contributed by atoms with Crippen molar-refractivity contribution in [1.29, 1.82) is 0 Å². The first-order valence-electron chi connectivity index (χ1n) is 4.99. The maximum absolute atomic E-state index is 5.92. The molecule has 0 unspecified atom stereocenters. The number of hydrogen-bond donors (Lipinski definition) is 1. The summed E-state index contributed by atoms with van der Waals surface area (Å²) in [5.41, 5.74) is 1.92. The fourth-order valence-electron chi connectivity index (χ4n) is 1.50. The molecule has 0 spiro atoms. The Morgan fingerprint density at radius 2 is 2.25 bits per heavy atom. The molecule has 1 aromatic carbocycles. The van der Waals surface area contributed by atoms with Crippen LogP contribution in [0.25, 0.3) is 10.9 Å². The summed E-state index contributed by atoms with van der Waals surface area (Å²) in [5, 5.41) is 5.01. The number of anilines is 1. The summed E-state index contributed by atoms with van der Waals surface area (Å²) in [6.07, 6.45) is 1.76. The molecule has 0 bridgehead atoms. The Kier molecular flexibility index (Phi) is 3.28. The van der Waals surface area contributed by atoms with Crippen molar-refractivity contribution in [2.24, 2.45) is 0 Å². The van der Waals surface area contributed by atoms with Gasteiger partial charge in [-0.15, -0.1) is 5.92 Å². The van der Waals surface area contributed by atoms with E-state index in [0.717, 1.165) is 16.6 Å². The van der Waals surface area contributed by atoms with Crippen LogP contribution >= 0.6 is 11.6 Å². The fourth-order valence-corrected chi connectivity index (χ4v) is 1.67. The molecule has 0 saturated carbocycles. The van der Waals surface area contributed by atoms with Crippen molar-refractivity contribution in [2.75, 3.05) is 11.9 Å². The van der Waals surface area contributed by atoms with Gasteiger partial charge in [-0.1, -0.05) is 17.5 Å². The predicted molar refractivity (Wildman–Crippen MR) is 68.7 cm³/mol. The summed E-state index contributed by atoms with van der Waals surface area (Å²) in [6, 6.07) is 7.62. The van der Waals surface area contributed by atoms with Gasteiger partial charge in [0.15, 0.2) is 0 Å². The Labute approximate surface area is 99.6 Å². The fraction of sp³-hybridized carbons (Fsp3) is 0.154. The van der Waals surface area contributed by atoms with E-state index >= 15 is 0 Å². The normalized spacial score (nSPS) is 9.62. The van der Waals surface area contributed by atoms with Crippen molar-refractivity contribution in [1.82, 2.24) is 4.98 Å². The number of aromatic nitrogens is 1. The molecule has 0 aliphatic rings. The molecule has 0 fully saturated rings. The molecule has 0 atom stereocenters. The minimum atomic E-state index is 0.637. The lowest BCUT2D eigenvalue weighted by Crippen LogP contribution is -1.99. The number of pyridine rings is 1. The SMILES string of the molecule is CC#CCNc1ccnc2cc(Cl)ccc12. The molecule has 1 aromatic heterocycles. The number of fused-ring (bicyclic) bond motifs is 1. The number of nitrogens with zero attached hydrogens (tertiary/aromatic N) is 1. The first-order valence-corrected chi connectivity index (χ1v) is 5.37. The monoisotopic (exact) mass is 230 g/mol. The summed E-state index contributed by atoms with van der Waals surface area (Å²) in [5.74, 6) is 5.81. The third kappa shape index (κ3) is 2.26. The average molecular weight is 231 g/mol. The Morgan fingerprint density at radius 3 is 3.06 bits per heavy atom. The van der Waals surface area contributed by atoms with Gasteiger partial charge in [0.1, 0.15) is 0 Å². The van der Waals surface area contributed by atoms with Crippen LogP contribution in [0.2, 0.25) is 5.02 Å². The van der Waals surface area contributed by atoms with Gasteiger partial charge >= 0.3 is 0 Å². The first kappa shape index (κ1) is 10.8. The molecule has 80 valence electrons. The van der Waals surface area contributed by atoms with Crippen molar-refractivity contribution in [2.45, 2.75) is 6.92 Å². The van der Waals surface area contributed by atoms with Gasteiger partial charge in [0, 0.05) is 22.3 Å². The summed E-state index contributed by atoms with van der Waals surface area (Å²) in [7, 11) is 0. The largest absolute Gasteiger partial charge is 0.374 e. The molecule has 0 saturated heterocycles. The van der Waals surface area contributed by atoms with Crippen molar-refractivity contribution >= 4 is 28.2 Å². The second kappa shape index (κ2) is 4.87. The lowest BCUT2D eigenvalue weighted by molar-refractivity contribution is 1.35. The van der Waals surface area contributed by atoms with Gasteiger partial charge in [0.05, 0.1) is 12.1 Å². The van der Waals surface area contributed by atoms with Crippen LogP contribution in [-0.4, -0.2) is 11.5 Å². The van der Waals surface area contributed by atoms with E-state index in [-0.39, 0.29) is 0 Å². The topological polar surface area (TPSA) is 24.9 Å². The molecule has 1 N–H and O–H groups in total. The smallest absolute Gasteiger partial charge is 0.0766 e. The van der Waals surface area contributed by atoms with Gasteiger partial charge in [0.2, 0.25) is 0 Å². The Bertz CT molecular complexity index is 567. The van der Waals surface area contributed by atoms with E-state index in [2.05, 4.69) is 22.1 Å². The highest BCUT2D eigenvalue weighted by Gasteiger charge is 2.01. The predicted octanol–water partition coefficient (Wildman–Crippen LogP) is 3.32. The van der Waals surface area contributed by atoms with Crippen LogP contribution in [0.5, 0.6) is 0 Å². The number of nitrogens with one attached hydrogen (secondary N) is 1. The number of rotatable bonds is 2. The zero-order valence-corrected chi connectivity index (χ0v) is 9.67. The average Bonchev–Trinajstić information content (AvgIpc) is 2.29. The van der Waals surface area contributed by atoms with Gasteiger partial charge in [-0.2, -0.15) is 0 Å². The summed E-state index contributed by atoms with van der Waals surface area (Å²) in [4.78, 5) is 4.27. The van der Waals surface area contributed by atoms with E-state index < -0.39 is 0 Å². The van der Waals surface area contributed by atoms with Crippen LogP contribution < -0.4 is 5.32 Å². The molecule has 2 nitrogen and oxygen atoms in total. The van der Waals surface area contributed by atoms with Crippen LogP contribution in [0.15, 0.2) is 30.5 Å². The molecular formula is C13H11ClN2. The molecular weight excluding hydrogens is 220 g/mol. The van der Waals surface area contributed by atoms with Crippen molar-refractivity contribution < 1.29 is 0 Å². The molecule has 0 radical (unpaired) electrons. The third-order valence-corrected chi connectivity index (χ3v) is 2.48. The highest BCUT2D eigenvalue weighted by Crippen LogP contribution is 2.23. The molecule has 0 amide bonds. The van der Waals surface area contributed by atoms with E-state index in [0.29, 0.717) is 11.6 Å². The Morgan fingerprint density at radius 1 is 1.38 bits per heavy atom. The molecule has 16 heavy (non-hydrogen) atoms. The van der Waals surface area contributed by atoms with Gasteiger partial charge in [-0.3, -0.25) is 4.98 Å². The molecule has 2 aromatic rings. The zero-order chi connectivity index (χ0) is 11.4. The third-order valence-electron chi connectivity index (χ3n) is 2.25. The summed E-state index contributed by atoms with van der Waals surface area (Å²) < 4.78 is 0. The van der Waals surface area contributed by atoms with Gasteiger partial charge in [-0.05, 0) is 31.2 Å². The highest BCUT2D eigenvalue weighted by atomic mass is 35.5. The van der Waals surface area contributed by atoms with Crippen molar-refractivity contribution in [3.63, 3.8) is 0 Å². The van der Waals surface area contributed by atoms with Crippen LogP contribution in [0.4, 0.5) is 5.69 Å². The molecule has 2 rings (SSSR count). The summed E-state index contributed by atoms with van der Waals surface area (Å²) >= 11 is 5.92. The van der Waals surface area contributed by atoms with E-state index in [1.165, 1.54) is 0 Å². The highest BCUT2D eigenvalue weighted by molar-refractivity contribution is 6.31. The Hall–Kier alpha value is -1.72. The lowest BCUT2D eigenvalue weighted by atomic mass is 10.2. The van der Waals surface area contributed by atoms with Crippen LogP contribution in [-0.2, 0) is 0 Å². The molecule has 0 aliphatic carbocycles. The van der Waals surface area contributed by atoms with Crippen molar-refractivity contribution in [3.8, 4) is 11.8 Å².